The number of aryl methyl sites for hydroxylation is 1. The van der Waals surface area contributed by atoms with Crippen LogP contribution in [0.3, 0.4) is 0 Å². The van der Waals surface area contributed by atoms with Gasteiger partial charge in [-0.05, 0) is 56.9 Å². The molecule has 0 saturated carbocycles. The van der Waals surface area contributed by atoms with E-state index in [4.69, 9.17) is 0 Å². The lowest BCUT2D eigenvalue weighted by molar-refractivity contribution is 0.0773. The van der Waals surface area contributed by atoms with Gasteiger partial charge in [-0.25, -0.2) is 4.79 Å². The van der Waals surface area contributed by atoms with Gasteiger partial charge in [-0.2, -0.15) is 0 Å². The van der Waals surface area contributed by atoms with E-state index in [1.807, 2.05) is 34.1 Å². The fourth-order valence-electron chi connectivity index (χ4n) is 5.18. The Balaban J connectivity index is 1.16. The summed E-state index contributed by atoms with van der Waals surface area (Å²) in [7, 11) is 0. The third-order valence-corrected chi connectivity index (χ3v) is 7.72. The highest BCUT2D eigenvalue weighted by Gasteiger charge is 2.29. The lowest BCUT2D eigenvalue weighted by Crippen LogP contribution is -2.48. The second kappa shape index (κ2) is 8.09. The molecule has 5 nitrogen and oxygen atoms in total. The number of aromatic amines is 1. The van der Waals surface area contributed by atoms with E-state index in [0.717, 1.165) is 43.5 Å². The van der Waals surface area contributed by atoms with Crippen molar-refractivity contribution in [1.29, 1.82) is 0 Å². The van der Waals surface area contributed by atoms with E-state index in [2.05, 4.69) is 39.9 Å². The van der Waals surface area contributed by atoms with Gasteiger partial charge in [0.05, 0.1) is 11.0 Å². The summed E-state index contributed by atoms with van der Waals surface area (Å²) >= 11 is 1.93. The maximum Gasteiger partial charge on any atom is 0.326 e. The van der Waals surface area contributed by atoms with Gasteiger partial charge in [0.1, 0.15) is 0 Å². The maximum atomic E-state index is 12.5. The number of imidazole rings is 1. The SMILES string of the molecule is Cc1ccc(CN2CCC(N3CCC(n4c(=O)[nH]c5ccccc54)CC3)CC2)s1. The first-order valence-electron chi connectivity index (χ1n) is 10.9. The molecule has 4 heterocycles. The first-order chi connectivity index (χ1) is 14.2. The lowest BCUT2D eigenvalue weighted by atomic mass is 9.97. The molecule has 0 atom stereocenters. The number of nitrogens with one attached hydrogen (secondary N) is 1. The molecule has 0 spiro atoms. The number of thiophene rings is 1. The van der Waals surface area contributed by atoms with Gasteiger partial charge >= 0.3 is 5.69 Å². The van der Waals surface area contributed by atoms with Crippen LogP contribution in [0, 0.1) is 6.92 Å². The number of rotatable bonds is 4. The standard InChI is InChI=1S/C23H30N4OS/c1-17-6-7-20(29-17)16-25-12-8-18(9-13-25)26-14-10-19(11-15-26)27-22-5-3-2-4-21(22)24-23(27)28/h2-7,18-19H,8-16H2,1H3,(H,24,28). The molecule has 0 radical (unpaired) electrons. The topological polar surface area (TPSA) is 44.3 Å². The number of H-pyrrole nitrogens is 1. The first-order valence-corrected chi connectivity index (χ1v) is 11.7. The summed E-state index contributed by atoms with van der Waals surface area (Å²) in [6.45, 7) is 7.90. The zero-order valence-corrected chi connectivity index (χ0v) is 18.0. The van der Waals surface area contributed by atoms with Gasteiger partial charge in [0.25, 0.3) is 0 Å². The van der Waals surface area contributed by atoms with Gasteiger partial charge in [0.15, 0.2) is 0 Å². The van der Waals surface area contributed by atoms with Crippen LogP contribution in [-0.2, 0) is 6.54 Å². The van der Waals surface area contributed by atoms with Crippen molar-refractivity contribution in [1.82, 2.24) is 19.4 Å². The molecule has 154 valence electrons. The molecule has 2 saturated heterocycles. The van der Waals surface area contributed by atoms with Gasteiger partial charge < -0.3 is 9.88 Å². The van der Waals surface area contributed by atoms with Crippen LogP contribution >= 0.6 is 11.3 Å². The number of benzene rings is 1. The van der Waals surface area contributed by atoms with Crippen LogP contribution in [0.15, 0.2) is 41.2 Å². The average molecular weight is 411 g/mol. The minimum atomic E-state index is 0.0433. The lowest BCUT2D eigenvalue weighted by Gasteiger charge is -2.42. The number of likely N-dealkylation sites (tertiary alicyclic amines) is 2. The average Bonchev–Trinajstić information content (AvgIpc) is 3.30. The van der Waals surface area contributed by atoms with E-state index in [0.29, 0.717) is 12.1 Å². The largest absolute Gasteiger partial charge is 0.326 e. The quantitative estimate of drug-likeness (QED) is 0.707. The van der Waals surface area contributed by atoms with E-state index >= 15 is 0 Å². The minimum absolute atomic E-state index is 0.0433. The van der Waals surface area contributed by atoms with E-state index in [9.17, 15) is 4.79 Å². The summed E-state index contributed by atoms with van der Waals surface area (Å²) in [6.07, 6.45) is 4.66. The third kappa shape index (κ3) is 3.93. The Hall–Kier alpha value is -1.89. The third-order valence-electron chi connectivity index (χ3n) is 6.74. The number of hydrogen-bond donors (Lipinski definition) is 1. The van der Waals surface area contributed by atoms with Crippen molar-refractivity contribution in [3.8, 4) is 0 Å². The van der Waals surface area contributed by atoms with Crippen molar-refractivity contribution in [2.45, 2.75) is 51.2 Å². The molecular formula is C23H30N4OS. The van der Waals surface area contributed by atoms with Crippen molar-refractivity contribution < 1.29 is 0 Å². The van der Waals surface area contributed by atoms with Gasteiger partial charge in [-0.3, -0.25) is 9.47 Å². The van der Waals surface area contributed by atoms with Crippen LogP contribution in [0.25, 0.3) is 11.0 Å². The molecule has 2 aliphatic heterocycles. The molecule has 0 aliphatic carbocycles. The zero-order chi connectivity index (χ0) is 19.8. The molecule has 3 aromatic rings. The van der Waals surface area contributed by atoms with Crippen LogP contribution in [0.2, 0.25) is 0 Å². The molecular weight excluding hydrogens is 380 g/mol. The molecule has 5 rings (SSSR count). The summed E-state index contributed by atoms with van der Waals surface area (Å²) < 4.78 is 2.00. The Bertz CT molecular complexity index is 1020. The van der Waals surface area contributed by atoms with Crippen LogP contribution in [-0.4, -0.2) is 51.6 Å². The van der Waals surface area contributed by atoms with Crippen LogP contribution in [0.1, 0.15) is 41.5 Å². The van der Waals surface area contributed by atoms with Gasteiger partial charge in [-0.1, -0.05) is 12.1 Å². The Kier molecular flexibility index (Phi) is 5.33. The van der Waals surface area contributed by atoms with Crippen molar-refractivity contribution in [2.24, 2.45) is 0 Å². The van der Waals surface area contributed by atoms with Crippen LogP contribution in [0.4, 0.5) is 0 Å². The summed E-state index contributed by atoms with van der Waals surface area (Å²) in [5.41, 5.74) is 2.04. The monoisotopic (exact) mass is 410 g/mol. The van der Waals surface area contributed by atoms with E-state index in [1.54, 1.807) is 0 Å². The molecule has 0 unspecified atom stereocenters. The highest BCUT2D eigenvalue weighted by molar-refractivity contribution is 7.11. The molecule has 2 aromatic heterocycles. The second-order valence-corrected chi connectivity index (χ2v) is 9.98. The van der Waals surface area contributed by atoms with Gasteiger partial charge in [0, 0.05) is 54.6 Å². The molecule has 2 fully saturated rings. The minimum Gasteiger partial charge on any atom is -0.306 e. The Morgan fingerprint density at radius 3 is 2.41 bits per heavy atom. The Labute approximate surface area is 175 Å². The summed E-state index contributed by atoms with van der Waals surface area (Å²) in [5, 5.41) is 0. The molecule has 6 heteroatoms. The first kappa shape index (κ1) is 19.1. The number of hydrogen-bond acceptors (Lipinski definition) is 4. The number of aromatic nitrogens is 2. The molecule has 0 bridgehead atoms. The van der Waals surface area contributed by atoms with E-state index in [-0.39, 0.29) is 5.69 Å². The van der Waals surface area contributed by atoms with Crippen molar-refractivity contribution in [2.75, 3.05) is 26.2 Å². The smallest absolute Gasteiger partial charge is 0.306 e. The number of para-hydroxylation sites is 2. The summed E-state index contributed by atoms with van der Waals surface area (Å²) in [4.78, 5) is 23.7. The fraction of sp³-hybridized carbons (Fsp3) is 0.522. The number of nitrogens with zero attached hydrogens (tertiary/aromatic N) is 3. The zero-order valence-electron chi connectivity index (χ0n) is 17.1. The maximum absolute atomic E-state index is 12.5. The number of fused-ring (bicyclic) bond motifs is 1. The summed E-state index contributed by atoms with van der Waals surface area (Å²) in [5.74, 6) is 0. The second-order valence-electron chi connectivity index (χ2n) is 8.60. The van der Waals surface area contributed by atoms with Gasteiger partial charge in [-0.15, -0.1) is 11.3 Å². The fourth-order valence-corrected chi connectivity index (χ4v) is 6.11. The van der Waals surface area contributed by atoms with Crippen molar-refractivity contribution >= 4 is 22.4 Å². The van der Waals surface area contributed by atoms with Crippen molar-refractivity contribution in [3.05, 3.63) is 56.6 Å². The summed E-state index contributed by atoms with van der Waals surface area (Å²) in [6, 6.07) is 13.6. The van der Waals surface area contributed by atoms with E-state index < -0.39 is 0 Å². The van der Waals surface area contributed by atoms with E-state index in [1.165, 1.54) is 35.7 Å². The van der Waals surface area contributed by atoms with Gasteiger partial charge in [0.2, 0.25) is 0 Å². The highest BCUT2D eigenvalue weighted by Crippen LogP contribution is 2.29. The van der Waals surface area contributed by atoms with Crippen LogP contribution < -0.4 is 5.69 Å². The predicted octanol–water partition coefficient (Wildman–Crippen LogP) is 4.00. The predicted molar refractivity (Wildman–Crippen MR) is 120 cm³/mol. The normalized spacial score (nSPS) is 20.6. The Morgan fingerprint density at radius 1 is 0.966 bits per heavy atom. The Morgan fingerprint density at radius 2 is 1.69 bits per heavy atom. The molecule has 29 heavy (non-hydrogen) atoms. The molecule has 1 aromatic carbocycles. The van der Waals surface area contributed by atoms with Crippen molar-refractivity contribution in [3.63, 3.8) is 0 Å². The molecule has 0 amide bonds. The number of piperidine rings is 2. The highest BCUT2D eigenvalue weighted by atomic mass is 32.1. The van der Waals surface area contributed by atoms with Crippen LogP contribution in [0.5, 0.6) is 0 Å². The molecule has 2 aliphatic rings. The molecule has 1 N–H and O–H groups in total.